The van der Waals surface area contributed by atoms with Gasteiger partial charge in [-0.05, 0) is 31.5 Å². The van der Waals surface area contributed by atoms with Crippen molar-refractivity contribution < 1.29 is 19.1 Å². The van der Waals surface area contributed by atoms with Crippen molar-refractivity contribution in [1.82, 2.24) is 19.7 Å². The molecule has 33 heavy (non-hydrogen) atoms. The number of thioether (sulfide) groups is 1. The van der Waals surface area contributed by atoms with E-state index in [0.29, 0.717) is 33.8 Å². The van der Waals surface area contributed by atoms with E-state index in [1.807, 2.05) is 28.8 Å². The number of thiazole rings is 1. The number of ether oxygens (including phenoxy) is 2. The van der Waals surface area contributed by atoms with Crippen LogP contribution in [0.15, 0.2) is 42.1 Å². The Morgan fingerprint density at radius 2 is 2.03 bits per heavy atom. The van der Waals surface area contributed by atoms with E-state index in [4.69, 9.17) is 9.47 Å². The van der Waals surface area contributed by atoms with Gasteiger partial charge in [-0.15, -0.1) is 16.8 Å². The number of methoxy groups -OCH3 is 1. The van der Waals surface area contributed by atoms with Gasteiger partial charge in [0, 0.05) is 13.0 Å². The fourth-order valence-corrected chi connectivity index (χ4v) is 4.56. The number of allylic oxidation sites excluding steroid dienone is 1. The normalized spacial score (nSPS) is 10.6. The van der Waals surface area contributed by atoms with Crippen LogP contribution in [0.5, 0.6) is 5.75 Å². The Morgan fingerprint density at radius 1 is 1.27 bits per heavy atom. The lowest BCUT2D eigenvalue weighted by Crippen LogP contribution is -2.14. The molecule has 0 aliphatic heterocycles. The summed E-state index contributed by atoms with van der Waals surface area (Å²) in [6, 6.07) is 7.76. The zero-order valence-electron chi connectivity index (χ0n) is 18.7. The highest BCUT2D eigenvalue weighted by Gasteiger charge is 2.18. The van der Waals surface area contributed by atoms with Crippen molar-refractivity contribution in [3.8, 4) is 5.75 Å². The third-order valence-electron chi connectivity index (χ3n) is 4.46. The van der Waals surface area contributed by atoms with Crippen molar-refractivity contribution in [3.05, 3.63) is 58.9 Å². The molecule has 0 aliphatic rings. The minimum Gasteiger partial charge on any atom is -0.497 e. The maximum absolute atomic E-state index is 12.5. The first kappa shape index (κ1) is 24.5. The monoisotopic (exact) mass is 487 g/mol. The third-order valence-corrected chi connectivity index (χ3v) is 6.48. The predicted molar refractivity (Wildman–Crippen MR) is 128 cm³/mol. The molecule has 0 bridgehead atoms. The zero-order chi connectivity index (χ0) is 23.8. The molecule has 0 unspecified atom stereocenters. The number of hydrogen-bond acceptors (Lipinski definition) is 9. The van der Waals surface area contributed by atoms with Crippen molar-refractivity contribution in [2.75, 3.05) is 24.8 Å². The van der Waals surface area contributed by atoms with Crippen LogP contribution in [0.2, 0.25) is 0 Å². The van der Waals surface area contributed by atoms with Crippen LogP contribution in [0.1, 0.15) is 33.7 Å². The Morgan fingerprint density at radius 3 is 2.70 bits per heavy atom. The Labute approximate surface area is 200 Å². The topological polar surface area (TPSA) is 108 Å². The van der Waals surface area contributed by atoms with Crippen LogP contribution in [0, 0.1) is 6.92 Å². The summed E-state index contributed by atoms with van der Waals surface area (Å²) in [7, 11) is 1.63. The molecule has 1 N–H and O–H groups in total. The first-order chi connectivity index (χ1) is 15.9. The van der Waals surface area contributed by atoms with Gasteiger partial charge in [-0.2, -0.15) is 0 Å². The summed E-state index contributed by atoms with van der Waals surface area (Å²) < 4.78 is 12.1. The van der Waals surface area contributed by atoms with Crippen LogP contribution in [-0.2, 0) is 22.5 Å². The number of esters is 1. The van der Waals surface area contributed by atoms with Gasteiger partial charge in [-0.3, -0.25) is 4.79 Å². The molecule has 0 saturated carbocycles. The first-order valence-electron chi connectivity index (χ1n) is 10.2. The molecule has 3 aromatic rings. The van der Waals surface area contributed by atoms with E-state index < -0.39 is 5.97 Å². The van der Waals surface area contributed by atoms with Gasteiger partial charge in [0.05, 0.1) is 25.2 Å². The fourth-order valence-electron chi connectivity index (χ4n) is 2.92. The summed E-state index contributed by atoms with van der Waals surface area (Å²) in [5.41, 5.74) is 1.59. The number of nitrogens with one attached hydrogen (secondary N) is 1. The highest BCUT2D eigenvalue weighted by atomic mass is 32.2. The molecule has 0 atom stereocenters. The zero-order valence-corrected chi connectivity index (χ0v) is 20.3. The van der Waals surface area contributed by atoms with Crippen molar-refractivity contribution in [1.29, 1.82) is 0 Å². The van der Waals surface area contributed by atoms with E-state index in [1.54, 1.807) is 27.0 Å². The summed E-state index contributed by atoms with van der Waals surface area (Å²) in [6.45, 7) is 8.05. The Bertz CT molecular complexity index is 1120. The fraction of sp³-hybridized carbons (Fsp3) is 0.318. The molecule has 174 valence electrons. The van der Waals surface area contributed by atoms with Crippen LogP contribution in [0.3, 0.4) is 0 Å². The van der Waals surface area contributed by atoms with Gasteiger partial charge in [-0.1, -0.05) is 41.3 Å². The molecular formula is C22H25N5O4S2. The molecule has 11 heteroatoms. The van der Waals surface area contributed by atoms with Crippen molar-refractivity contribution >= 4 is 40.1 Å². The summed E-state index contributed by atoms with van der Waals surface area (Å²) in [4.78, 5) is 29.0. The van der Waals surface area contributed by atoms with Gasteiger partial charge in [0.15, 0.2) is 10.3 Å². The summed E-state index contributed by atoms with van der Waals surface area (Å²) in [5.74, 6) is 0.986. The quantitative estimate of drug-likeness (QED) is 0.248. The van der Waals surface area contributed by atoms with Crippen molar-refractivity contribution in [3.63, 3.8) is 0 Å². The first-order valence-corrected chi connectivity index (χ1v) is 12.0. The molecule has 0 fully saturated rings. The molecule has 1 amide bonds. The largest absolute Gasteiger partial charge is 0.497 e. The smallest absolute Gasteiger partial charge is 0.350 e. The number of aromatic nitrogens is 4. The number of aryl methyl sites for hydroxylation is 1. The highest BCUT2D eigenvalue weighted by molar-refractivity contribution is 7.99. The van der Waals surface area contributed by atoms with Crippen molar-refractivity contribution in [2.45, 2.75) is 32.0 Å². The number of rotatable bonds is 11. The average Bonchev–Trinajstić information content (AvgIpc) is 3.36. The van der Waals surface area contributed by atoms with Gasteiger partial charge in [0.1, 0.15) is 16.5 Å². The molecule has 0 saturated heterocycles. The van der Waals surface area contributed by atoms with Gasteiger partial charge in [-0.25, -0.2) is 9.78 Å². The number of amides is 1. The summed E-state index contributed by atoms with van der Waals surface area (Å²) in [6.07, 6.45) is 2.35. The summed E-state index contributed by atoms with van der Waals surface area (Å²) >= 11 is 2.37. The van der Waals surface area contributed by atoms with Gasteiger partial charge in [0.25, 0.3) is 0 Å². The number of anilines is 1. The van der Waals surface area contributed by atoms with Gasteiger partial charge >= 0.3 is 5.97 Å². The van der Waals surface area contributed by atoms with Crippen LogP contribution >= 0.6 is 23.1 Å². The Kier molecular flexibility index (Phi) is 8.61. The molecule has 2 heterocycles. The SMILES string of the molecule is C=CCn1c(Cc2ccc(OC)cc2)nnc1SCC(=O)Nc1nc(C)c(C(=O)OCC)s1. The van der Waals surface area contributed by atoms with Gasteiger partial charge < -0.3 is 19.4 Å². The van der Waals surface area contributed by atoms with E-state index in [0.717, 1.165) is 28.5 Å². The standard InChI is InChI=1S/C22H25N5O4S2/c1-5-11-27-17(12-15-7-9-16(30-4)10-8-15)25-26-22(27)32-13-18(28)24-21-23-14(3)19(33-21)20(29)31-6-2/h5,7-10H,1,6,11-13H2,2-4H3,(H,23,24,28). The highest BCUT2D eigenvalue weighted by Crippen LogP contribution is 2.25. The molecule has 0 aliphatic carbocycles. The number of benzene rings is 1. The Hall–Kier alpha value is -3.18. The lowest BCUT2D eigenvalue weighted by atomic mass is 10.1. The predicted octanol–water partition coefficient (Wildman–Crippen LogP) is 3.74. The molecule has 2 aromatic heterocycles. The van der Waals surface area contributed by atoms with E-state index in [9.17, 15) is 9.59 Å². The Balaban J connectivity index is 1.63. The van der Waals surface area contributed by atoms with E-state index in [2.05, 4.69) is 27.1 Å². The average molecular weight is 488 g/mol. The molecule has 9 nitrogen and oxygen atoms in total. The summed E-state index contributed by atoms with van der Waals surface area (Å²) in [5, 5.41) is 12.3. The van der Waals surface area contributed by atoms with Crippen LogP contribution in [0.4, 0.5) is 5.13 Å². The number of nitrogens with zero attached hydrogens (tertiary/aromatic N) is 4. The second-order valence-electron chi connectivity index (χ2n) is 6.81. The van der Waals surface area contributed by atoms with E-state index in [-0.39, 0.29) is 18.3 Å². The minimum absolute atomic E-state index is 0.116. The molecular weight excluding hydrogens is 462 g/mol. The number of carbonyl (C=O) groups excluding carboxylic acids is 2. The molecule has 3 rings (SSSR count). The molecule has 1 aromatic carbocycles. The van der Waals surface area contributed by atoms with E-state index in [1.165, 1.54) is 11.8 Å². The number of carbonyl (C=O) groups is 2. The lowest BCUT2D eigenvalue weighted by molar-refractivity contribution is -0.113. The van der Waals surface area contributed by atoms with Crippen molar-refractivity contribution in [2.24, 2.45) is 0 Å². The maximum Gasteiger partial charge on any atom is 0.350 e. The lowest BCUT2D eigenvalue weighted by Gasteiger charge is -2.08. The minimum atomic E-state index is -0.440. The second kappa shape index (κ2) is 11.6. The van der Waals surface area contributed by atoms with Crippen LogP contribution in [-0.4, -0.2) is 51.1 Å². The van der Waals surface area contributed by atoms with Crippen LogP contribution < -0.4 is 10.1 Å². The molecule has 0 radical (unpaired) electrons. The van der Waals surface area contributed by atoms with E-state index >= 15 is 0 Å². The number of hydrogen-bond donors (Lipinski definition) is 1. The van der Waals surface area contributed by atoms with Gasteiger partial charge in [0.2, 0.25) is 5.91 Å². The third kappa shape index (κ3) is 6.42. The molecule has 0 spiro atoms. The second-order valence-corrected chi connectivity index (χ2v) is 8.76. The van der Waals surface area contributed by atoms with Crippen LogP contribution in [0.25, 0.3) is 0 Å². The maximum atomic E-state index is 12.5.